The van der Waals surface area contributed by atoms with Crippen LogP contribution in [0.25, 0.3) is 0 Å². The van der Waals surface area contributed by atoms with Gasteiger partial charge in [0.25, 0.3) is 0 Å². The Kier molecular flexibility index (Phi) is 97.7. The van der Waals surface area contributed by atoms with Crippen LogP contribution >= 0.6 is 0 Å². The largest absolute Gasteiger partial charge is 0.764 e. The quantitative estimate of drug-likeness (QED) is 0.382. The smallest absolute Gasteiger partial charge is 0.511 e. The van der Waals surface area contributed by atoms with Crippen LogP contribution in [0.2, 0.25) is 0 Å². The molecule has 0 aliphatic heterocycles. The summed E-state index contributed by atoms with van der Waals surface area (Å²) in [5, 5.41) is 22.7. The summed E-state index contributed by atoms with van der Waals surface area (Å²) in [6.45, 7) is 5.79. The Hall–Kier alpha value is -0.543. The summed E-state index contributed by atoms with van der Waals surface area (Å²) < 4.78 is 13.2. The van der Waals surface area contributed by atoms with Crippen molar-refractivity contribution in [1.82, 2.24) is 6.15 Å². The van der Waals surface area contributed by atoms with E-state index in [0.29, 0.717) is 0 Å². The second-order valence-corrected chi connectivity index (χ2v) is 2.36. The monoisotopic (exact) mass is 247 g/mol. The topological polar surface area (TPSA) is 142 Å². The predicted octanol–water partition coefficient (Wildman–Crippen LogP) is -0.802. The molecular formula is C7H25NO6Si. The van der Waals surface area contributed by atoms with Gasteiger partial charge in [-0.3, -0.25) is 4.46 Å². The van der Waals surface area contributed by atoms with E-state index in [9.17, 15) is 4.46 Å². The Morgan fingerprint density at radius 1 is 1.00 bits per heavy atom. The van der Waals surface area contributed by atoms with Crippen molar-refractivity contribution in [3.05, 3.63) is 0 Å². The van der Waals surface area contributed by atoms with Gasteiger partial charge in [0.15, 0.2) is 0 Å². The fraction of sp³-hybridized carbons (Fsp3) is 1.00. The molecule has 0 heterocycles. The third-order valence-electron chi connectivity index (χ3n) is 0.175. The molecule has 0 atom stereocenters. The highest BCUT2D eigenvalue weighted by Crippen LogP contribution is 1.50. The Labute approximate surface area is 92.8 Å². The van der Waals surface area contributed by atoms with Crippen LogP contribution in [0.5, 0.6) is 0 Å². The van der Waals surface area contributed by atoms with Gasteiger partial charge in [-0.15, -0.1) is 0 Å². The molecule has 0 spiro atoms. The van der Waals surface area contributed by atoms with E-state index in [4.69, 9.17) is 20.1 Å². The van der Waals surface area contributed by atoms with Gasteiger partial charge in [0.05, 0.1) is 7.11 Å². The molecule has 0 rings (SSSR count). The SMILES string of the molecule is CCO.CCO.CCO.CO[Si](=O)O.N. The molecule has 0 amide bonds. The van der Waals surface area contributed by atoms with Crippen molar-refractivity contribution in [3.8, 4) is 0 Å². The minimum Gasteiger partial charge on any atom is -0.511 e. The highest BCUT2D eigenvalue weighted by atomic mass is 28.3. The zero-order valence-corrected chi connectivity index (χ0v) is 10.9. The Balaban J connectivity index is -0.0000000300. The number of rotatable bonds is 1. The van der Waals surface area contributed by atoms with Gasteiger partial charge in [0.2, 0.25) is 0 Å². The zero-order chi connectivity index (χ0) is 12.4. The van der Waals surface area contributed by atoms with Gasteiger partial charge in [0, 0.05) is 19.8 Å². The van der Waals surface area contributed by atoms with Crippen LogP contribution < -0.4 is 6.15 Å². The lowest BCUT2D eigenvalue weighted by atomic mass is 10.9. The van der Waals surface area contributed by atoms with Crippen molar-refractivity contribution >= 4 is 9.17 Å². The maximum atomic E-state index is 9.33. The van der Waals surface area contributed by atoms with Gasteiger partial charge in [-0.2, -0.15) is 0 Å². The van der Waals surface area contributed by atoms with Crippen molar-refractivity contribution in [2.24, 2.45) is 0 Å². The predicted molar refractivity (Wildman–Crippen MR) is 59.0 cm³/mol. The van der Waals surface area contributed by atoms with E-state index in [0.717, 1.165) is 0 Å². The molecule has 0 saturated carbocycles. The third-order valence-corrected chi connectivity index (χ3v) is 0.524. The van der Waals surface area contributed by atoms with E-state index < -0.39 is 9.17 Å². The van der Waals surface area contributed by atoms with Crippen LogP contribution in [0.3, 0.4) is 0 Å². The van der Waals surface area contributed by atoms with E-state index in [-0.39, 0.29) is 26.0 Å². The average Bonchev–Trinajstić information content (AvgIpc) is 2.08. The number of aliphatic hydroxyl groups excluding tert-OH is 3. The van der Waals surface area contributed by atoms with Gasteiger partial charge in [-0.05, 0) is 20.8 Å². The van der Waals surface area contributed by atoms with Gasteiger partial charge < -0.3 is 30.7 Å². The highest BCUT2D eigenvalue weighted by molar-refractivity contribution is 6.23. The molecule has 0 aromatic heterocycles. The normalized spacial score (nSPS) is 5.80. The van der Waals surface area contributed by atoms with Gasteiger partial charge in [0.1, 0.15) is 0 Å². The van der Waals surface area contributed by atoms with Gasteiger partial charge in [-0.1, -0.05) is 0 Å². The lowest BCUT2D eigenvalue weighted by Gasteiger charge is -1.76. The van der Waals surface area contributed by atoms with E-state index in [1.165, 1.54) is 7.11 Å². The van der Waals surface area contributed by atoms with Crippen LogP contribution in [0.15, 0.2) is 0 Å². The summed E-state index contributed by atoms with van der Waals surface area (Å²) in [7, 11) is -1.44. The summed E-state index contributed by atoms with van der Waals surface area (Å²) in [4.78, 5) is 7.69. The summed E-state index contributed by atoms with van der Waals surface area (Å²) >= 11 is 0. The lowest BCUT2D eigenvalue weighted by molar-refractivity contribution is 0.275. The molecule has 7 N–H and O–H groups in total. The molecule has 15 heavy (non-hydrogen) atoms. The van der Waals surface area contributed by atoms with Gasteiger partial charge >= 0.3 is 9.17 Å². The molecule has 0 radical (unpaired) electrons. The summed E-state index contributed by atoms with van der Waals surface area (Å²) in [6, 6.07) is 0. The summed E-state index contributed by atoms with van der Waals surface area (Å²) in [6.07, 6.45) is 0. The number of hydrogen-bond acceptors (Lipinski definition) is 6. The van der Waals surface area contributed by atoms with Crippen molar-refractivity contribution in [3.63, 3.8) is 0 Å². The van der Waals surface area contributed by atoms with Crippen molar-refractivity contribution in [1.29, 1.82) is 0 Å². The van der Waals surface area contributed by atoms with Crippen LogP contribution in [-0.4, -0.2) is 56.2 Å². The first-order valence-electron chi connectivity index (χ1n) is 4.11. The minimum atomic E-state index is -2.62. The van der Waals surface area contributed by atoms with Crippen LogP contribution in [0, 0.1) is 0 Å². The molecule has 0 aromatic carbocycles. The molecular weight excluding hydrogens is 222 g/mol. The highest BCUT2D eigenvalue weighted by Gasteiger charge is 1.93. The Bertz CT molecular complexity index is 81.1. The first kappa shape index (κ1) is 29.3. The number of aliphatic hydroxyl groups is 3. The van der Waals surface area contributed by atoms with Crippen LogP contribution in [-0.2, 0) is 8.89 Å². The molecule has 0 aromatic rings. The first-order chi connectivity index (χ1) is 6.51. The molecule has 0 fully saturated rings. The first-order valence-corrected chi connectivity index (χ1v) is 5.37. The van der Waals surface area contributed by atoms with Crippen molar-refractivity contribution in [2.75, 3.05) is 26.9 Å². The fourth-order valence-corrected chi connectivity index (χ4v) is 0. The Morgan fingerprint density at radius 3 is 1.07 bits per heavy atom. The average molecular weight is 247 g/mol. The van der Waals surface area contributed by atoms with E-state index in [2.05, 4.69) is 4.43 Å². The van der Waals surface area contributed by atoms with Crippen molar-refractivity contribution in [2.45, 2.75) is 20.8 Å². The maximum absolute atomic E-state index is 9.33. The third kappa shape index (κ3) is 832. The Morgan fingerprint density at radius 2 is 1.07 bits per heavy atom. The lowest BCUT2D eigenvalue weighted by Crippen LogP contribution is -1.98. The number of hydrogen-bond donors (Lipinski definition) is 5. The zero-order valence-electron chi connectivity index (χ0n) is 9.93. The minimum absolute atomic E-state index is 0. The molecule has 0 saturated heterocycles. The van der Waals surface area contributed by atoms with E-state index >= 15 is 0 Å². The second-order valence-electron chi connectivity index (χ2n) is 1.42. The van der Waals surface area contributed by atoms with Crippen LogP contribution in [0.4, 0.5) is 0 Å². The second kappa shape index (κ2) is 50.1. The summed E-state index contributed by atoms with van der Waals surface area (Å²) in [5.74, 6) is 0. The van der Waals surface area contributed by atoms with Crippen molar-refractivity contribution < 1.29 is 29.0 Å². The fourth-order valence-electron chi connectivity index (χ4n) is 0. The van der Waals surface area contributed by atoms with Gasteiger partial charge in [-0.25, -0.2) is 0 Å². The van der Waals surface area contributed by atoms with E-state index in [1.54, 1.807) is 20.8 Å². The van der Waals surface area contributed by atoms with E-state index in [1.807, 2.05) is 0 Å². The molecule has 0 aliphatic rings. The molecule has 8 heteroatoms. The molecule has 7 nitrogen and oxygen atoms in total. The molecule has 0 aliphatic carbocycles. The molecule has 0 bridgehead atoms. The molecule has 0 unspecified atom stereocenters. The summed E-state index contributed by atoms with van der Waals surface area (Å²) in [5.41, 5.74) is 0. The van der Waals surface area contributed by atoms with Crippen LogP contribution in [0.1, 0.15) is 20.8 Å². The molecule has 98 valence electrons. The standard InChI is InChI=1S/3C2H6O.CH4O3Si.H3N/c3*1-2-3;1-4-5(2)3;/h3*3H,2H2,1H3;2H,1H3;1H3. The maximum Gasteiger partial charge on any atom is 0.764 e.